The Labute approximate surface area is 145 Å². The van der Waals surface area contributed by atoms with E-state index >= 15 is 0 Å². The fourth-order valence-electron chi connectivity index (χ4n) is 3.27. The van der Waals surface area contributed by atoms with Gasteiger partial charge < -0.3 is 14.6 Å². The van der Waals surface area contributed by atoms with Crippen LogP contribution in [0.5, 0.6) is 5.75 Å². The van der Waals surface area contributed by atoms with Crippen molar-refractivity contribution in [2.45, 2.75) is 44.7 Å². The molecule has 1 aromatic heterocycles. The van der Waals surface area contributed by atoms with Gasteiger partial charge in [-0.25, -0.2) is 0 Å². The van der Waals surface area contributed by atoms with Crippen LogP contribution in [-0.2, 0) is 11.3 Å². The van der Waals surface area contributed by atoms with Crippen LogP contribution in [0.2, 0.25) is 5.02 Å². The van der Waals surface area contributed by atoms with Crippen LogP contribution in [-0.4, -0.2) is 27.3 Å². The zero-order chi connectivity index (χ0) is 16.7. The second-order valence-corrected chi connectivity index (χ2v) is 6.79. The second kappa shape index (κ2) is 6.09. The number of amides is 1. The highest BCUT2D eigenvalue weighted by molar-refractivity contribution is 6.30. The van der Waals surface area contributed by atoms with Crippen LogP contribution >= 0.6 is 11.6 Å². The van der Waals surface area contributed by atoms with Gasteiger partial charge in [0.2, 0.25) is 5.91 Å². The predicted molar refractivity (Wildman–Crippen MR) is 89.2 cm³/mol. The van der Waals surface area contributed by atoms with Crippen molar-refractivity contribution in [2.75, 3.05) is 6.61 Å². The predicted octanol–water partition coefficient (Wildman–Crippen LogP) is 2.76. The second-order valence-electron chi connectivity index (χ2n) is 6.35. The number of benzene rings is 1. The molecule has 1 amide bonds. The van der Waals surface area contributed by atoms with Gasteiger partial charge >= 0.3 is 0 Å². The number of aromatic nitrogens is 3. The Morgan fingerprint density at radius 3 is 3.00 bits per heavy atom. The van der Waals surface area contributed by atoms with E-state index < -0.39 is 0 Å². The molecule has 2 aliphatic rings. The number of ether oxygens (including phenoxy) is 1. The molecule has 0 unspecified atom stereocenters. The molecule has 2 aromatic rings. The number of carbonyl (C=O) groups is 1. The minimum atomic E-state index is -0.245. The van der Waals surface area contributed by atoms with E-state index in [0.717, 1.165) is 35.8 Å². The van der Waals surface area contributed by atoms with Crippen LogP contribution in [0, 0.1) is 6.92 Å². The highest BCUT2D eigenvalue weighted by atomic mass is 35.5. The molecule has 0 bridgehead atoms. The monoisotopic (exact) mass is 346 g/mol. The van der Waals surface area contributed by atoms with E-state index in [-0.39, 0.29) is 11.8 Å². The summed E-state index contributed by atoms with van der Waals surface area (Å²) in [6.07, 6.45) is 2.96. The van der Waals surface area contributed by atoms with Crippen LogP contribution < -0.4 is 10.1 Å². The lowest BCUT2D eigenvalue weighted by molar-refractivity contribution is -0.123. The number of carbonyl (C=O) groups excluding carboxylic acids is 1. The fourth-order valence-corrected chi connectivity index (χ4v) is 3.45. The number of fused-ring (bicyclic) bond motifs is 1. The average molecular weight is 347 g/mol. The maximum absolute atomic E-state index is 12.7. The van der Waals surface area contributed by atoms with E-state index in [4.69, 9.17) is 16.3 Å². The molecule has 24 heavy (non-hydrogen) atoms. The van der Waals surface area contributed by atoms with Crippen molar-refractivity contribution >= 4 is 17.5 Å². The average Bonchev–Trinajstić information content (AvgIpc) is 3.35. The summed E-state index contributed by atoms with van der Waals surface area (Å²) in [6.45, 7) is 2.88. The van der Waals surface area contributed by atoms with Crippen molar-refractivity contribution < 1.29 is 9.53 Å². The lowest BCUT2D eigenvalue weighted by Crippen LogP contribution is -2.32. The lowest BCUT2D eigenvalue weighted by Gasteiger charge is -2.25. The summed E-state index contributed by atoms with van der Waals surface area (Å²) in [7, 11) is 0. The summed E-state index contributed by atoms with van der Waals surface area (Å²) in [4.78, 5) is 12.7. The minimum Gasteiger partial charge on any atom is -0.493 e. The van der Waals surface area contributed by atoms with Gasteiger partial charge in [-0.15, -0.1) is 10.2 Å². The van der Waals surface area contributed by atoms with Crippen molar-refractivity contribution in [1.29, 1.82) is 0 Å². The molecule has 1 atom stereocenters. The highest BCUT2D eigenvalue weighted by Crippen LogP contribution is 2.37. The number of aryl methyl sites for hydroxylation is 1. The van der Waals surface area contributed by atoms with Gasteiger partial charge in [-0.05, 0) is 44.4 Å². The largest absolute Gasteiger partial charge is 0.493 e. The first kappa shape index (κ1) is 15.4. The number of nitrogens with one attached hydrogen (secondary N) is 1. The molecule has 1 fully saturated rings. The number of hydrogen-bond donors (Lipinski definition) is 1. The van der Waals surface area contributed by atoms with Crippen molar-refractivity contribution in [2.24, 2.45) is 0 Å². The van der Waals surface area contributed by atoms with Gasteiger partial charge in [-0.3, -0.25) is 4.79 Å². The molecular weight excluding hydrogens is 328 g/mol. The van der Waals surface area contributed by atoms with Gasteiger partial charge in [0.25, 0.3) is 0 Å². The molecule has 6 nitrogen and oxygen atoms in total. The number of rotatable bonds is 4. The van der Waals surface area contributed by atoms with E-state index in [1.165, 1.54) is 0 Å². The van der Waals surface area contributed by atoms with Gasteiger partial charge in [0.05, 0.1) is 19.1 Å². The van der Waals surface area contributed by atoms with Crippen molar-refractivity contribution in [3.63, 3.8) is 0 Å². The minimum absolute atomic E-state index is 0.0233. The SMILES string of the molecule is Cc1nnc(CNC(=O)[C@H]2CCOc3ccc(Cl)cc32)n1C1CC1. The Kier molecular flexibility index (Phi) is 3.92. The molecule has 4 rings (SSSR count). The maximum atomic E-state index is 12.7. The van der Waals surface area contributed by atoms with Gasteiger partial charge in [-0.2, -0.15) is 0 Å². The van der Waals surface area contributed by atoms with E-state index in [1.807, 2.05) is 19.1 Å². The van der Waals surface area contributed by atoms with E-state index in [2.05, 4.69) is 20.1 Å². The van der Waals surface area contributed by atoms with Crippen molar-refractivity contribution in [3.8, 4) is 5.75 Å². The Bertz CT molecular complexity index is 785. The Morgan fingerprint density at radius 1 is 1.38 bits per heavy atom. The molecule has 1 aliphatic heterocycles. The van der Waals surface area contributed by atoms with Gasteiger partial charge in [0, 0.05) is 16.6 Å². The summed E-state index contributed by atoms with van der Waals surface area (Å²) < 4.78 is 7.75. The first-order valence-corrected chi connectivity index (χ1v) is 8.61. The lowest BCUT2D eigenvalue weighted by atomic mass is 9.92. The van der Waals surface area contributed by atoms with E-state index in [1.54, 1.807) is 6.07 Å². The Balaban J connectivity index is 1.49. The van der Waals surface area contributed by atoms with E-state index in [0.29, 0.717) is 30.6 Å². The van der Waals surface area contributed by atoms with E-state index in [9.17, 15) is 4.79 Å². The van der Waals surface area contributed by atoms with Crippen LogP contribution in [0.4, 0.5) is 0 Å². The maximum Gasteiger partial charge on any atom is 0.228 e. The van der Waals surface area contributed by atoms with Gasteiger partial charge in [0.1, 0.15) is 11.6 Å². The van der Waals surface area contributed by atoms with Crippen molar-refractivity contribution in [1.82, 2.24) is 20.1 Å². The third kappa shape index (κ3) is 2.86. The summed E-state index contributed by atoms with van der Waals surface area (Å²) in [5.41, 5.74) is 0.853. The van der Waals surface area contributed by atoms with Crippen LogP contribution in [0.25, 0.3) is 0 Å². The van der Waals surface area contributed by atoms with Crippen LogP contribution in [0.15, 0.2) is 18.2 Å². The molecular formula is C17H19ClN4O2. The zero-order valence-corrected chi connectivity index (χ0v) is 14.2. The molecule has 2 heterocycles. The van der Waals surface area contributed by atoms with Crippen LogP contribution in [0.3, 0.4) is 0 Å². The normalized spacial score (nSPS) is 19.5. The van der Waals surface area contributed by atoms with Gasteiger partial charge in [-0.1, -0.05) is 11.6 Å². The molecule has 1 N–H and O–H groups in total. The topological polar surface area (TPSA) is 69.0 Å². The molecule has 1 aliphatic carbocycles. The molecule has 126 valence electrons. The first-order chi connectivity index (χ1) is 11.6. The molecule has 1 saturated carbocycles. The standard InChI is InChI=1S/C17H19ClN4O2/c1-10-20-21-16(22(10)12-3-4-12)9-19-17(23)13-6-7-24-15-5-2-11(18)8-14(13)15/h2,5,8,12-13H,3-4,6-7,9H2,1H3,(H,19,23)/t13-/m0/s1. The quantitative estimate of drug-likeness (QED) is 0.924. The Morgan fingerprint density at radius 2 is 2.21 bits per heavy atom. The molecule has 1 aromatic carbocycles. The van der Waals surface area contributed by atoms with Crippen molar-refractivity contribution in [3.05, 3.63) is 40.4 Å². The van der Waals surface area contributed by atoms with Crippen LogP contribution in [0.1, 0.15) is 48.4 Å². The smallest absolute Gasteiger partial charge is 0.228 e. The highest BCUT2D eigenvalue weighted by Gasteiger charge is 2.30. The molecule has 0 saturated heterocycles. The molecule has 0 spiro atoms. The summed E-state index contributed by atoms with van der Waals surface area (Å²) in [5, 5.41) is 12.0. The number of halogens is 1. The molecule has 0 radical (unpaired) electrons. The summed E-state index contributed by atoms with van der Waals surface area (Å²) >= 11 is 6.08. The number of nitrogens with zero attached hydrogens (tertiary/aromatic N) is 3. The third-order valence-electron chi connectivity index (χ3n) is 4.60. The number of hydrogen-bond acceptors (Lipinski definition) is 4. The zero-order valence-electron chi connectivity index (χ0n) is 13.5. The third-order valence-corrected chi connectivity index (χ3v) is 4.83. The first-order valence-electron chi connectivity index (χ1n) is 8.24. The summed E-state index contributed by atoms with van der Waals surface area (Å²) in [5.74, 6) is 2.20. The molecule has 7 heteroatoms. The van der Waals surface area contributed by atoms with Gasteiger partial charge in [0.15, 0.2) is 5.82 Å². The summed E-state index contributed by atoms with van der Waals surface area (Å²) in [6, 6.07) is 5.91. The Hall–Kier alpha value is -2.08. The fraction of sp³-hybridized carbons (Fsp3) is 0.471.